The van der Waals surface area contributed by atoms with E-state index in [4.69, 9.17) is 20.3 Å². The van der Waals surface area contributed by atoms with E-state index in [9.17, 15) is 4.79 Å². The standard InChI is InChI=1S/C10H11NO4/c11-10(9(12)13)5-14-7-3-1-2-4-8(7)15-6-10/h1-4H,5-6,11H2,(H,12,13). The molecular formula is C10H11NO4. The summed E-state index contributed by atoms with van der Waals surface area (Å²) in [7, 11) is 0. The van der Waals surface area contributed by atoms with E-state index in [2.05, 4.69) is 0 Å². The topological polar surface area (TPSA) is 81.8 Å². The minimum Gasteiger partial charge on any atom is -0.487 e. The molecule has 0 aromatic heterocycles. The summed E-state index contributed by atoms with van der Waals surface area (Å²) in [5.41, 5.74) is 4.14. The Kier molecular flexibility index (Phi) is 2.24. The molecule has 80 valence electrons. The SMILES string of the molecule is NC1(C(=O)O)COc2ccccc2OC1. The number of nitrogens with two attached hydrogens (primary N) is 1. The lowest BCUT2D eigenvalue weighted by molar-refractivity contribution is -0.145. The summed E-state index contributed by atoms with van der Waals surface area (Å²) < 4.78 is 10.6. The molecule has 3 N–H and O–H groups in total. The number of carbonyl (C=O) groups is 1. The molecule has 0 bridgehead atoms. The fourth-order valence-corrected chi connectivity index (χ4v) is 1.27. The molecule has 1 aliphatic heterocycles. The van der Waals surface area contributed by atoms with Gasteiger partial charge in [0.05, 0.1) is 0 Å². The highest BCUT2D eigenvalue weighted by Gasteiger charge is 2.38. The highest BCUT2D eigenvalue weighted by molar-refractivity contribution is 5.79. The fourth-order valence-electron chi connectivity index (χ4n) is 1.27. The number of carboxylic acid groups (broad SMARTS) is 1. The highest BCUT2D eigenvalue weighted by Crippen LogP contribution is 2.29. The van der Waals surface area contributed by atoms with Gasteiger partial charge in [0, 0.05) is 0 Å². The molecule has 0 fully saturated rings. The van der Waals surface area contributed by atoms with Crippen molar-refractivity contribution in [3.63, 3.8) is 0 Å². The second-order valence-electron chi connectivity index (χ2n) is 3.49. The Bertz CT molecular complexity index is 364. The van der Waals surface area contributed by atoms with E-state index < -0.39 is 11.5 Å². The van der Waals surface area contributed by atoms with Crippen molar-refractivity contribution >= 4 is 5.97 Å². The van der Waals surface area contributed by atoms with Crippen LogP contribution in [0.5, 0.6) is 11.5 Å². The Morgan fingerprint density at radius 3 is 2.13 bits per heavy atom. The molecule has 0 spiro atoms. The van der Waals surface area contributed by atoms with Gasteiger partial charge in [-0.15, -0.1) is 0 Å². The number of ether oxygens (including phenoxy) is 2. The molecule has 2 rings (SSSR count). The van der Waals surface area contributed by atoms with Crippen LogP contribution in [-0.2, 0) is 4.79 Å². The van der Waals surface area contributed by atoms with E-state index in [0.717, 1.165) is 0 Å². The molecule has 15 heavy (non-hydrogen) atoms. The molecule has 0 radical (unpaired) electrons. The molecule has 5 heteroatoms. The van der Waals surface area contributed by atoms with Gasteiger partial charge in [-0.2, -0.15) is 0 Å². The molecule has 1 aliphatic rings. The van der Waals surface area contributed by atoms with Gasteiger partial charge in [0.15, 0.2) is 17.0 Å². The van der Waals surface area contributed by atoms with Gasteiger partial charge in [-0.3, -0.25) is 0 Å². The van der Waals surface area contributed by atoms with Crippen LogP contribution >= 0.6 is 0 Å². The molecule has 0 aliphatic carbocycles. The predicted octanol–water partition coefficient (Wildman–Crippen LogP) is 0.240. The molecular weight excluding hydrogens is 198 g/mol. The maximum absolute atomic E-state index is 10.9. The Labute approximate surface area is 86.4 Å². The molecule has 0 amide bonds. The maximum Gasteiger partial charge on any atom is 0.330 e. The summed E-state index contributed by atoms with van der Waals surface area (Å²) in [6.45, 7) is -0.196. The first-order valence-electron chi connectivity index (χ1n) is 4.49. The third-order valence-electron chi connectivity index (χ3n) is 2.25. The average molecular weight is 209 g/mol. The van der Waals surface area contributed by atoms with Crippen LogP contribution in [0.1, 0.15) is 0 Å². The quantitative estimate of drug-likeness (QED) is 0.692. The van der Waals surface area contributed by atoms with Gasteiger partial charge in [-0.1, -0.05) is 12.1 Å². The zero-order valence-corrected chi connectivity index (χ0v) is 7.97. The normalized spacial score (nSPS) is 17.9. The van der Waals surface area contributed by atoms with Crippen molar-refractivity contribution in [2.75, 3.05) is 13.2 Å². The van der Waals surface area contributed by atoms with Crippen LogP contribution in [0.15, 0.2) is 24.3 Å². The van der Waals surface area contributed by atoms with Gasteiger partial charge in [-0.05, 0) is 12.1 Å². The molecule has 0 saturated heterocycles. The monoisotopic (exact) mass is 209 g/mol. The van der Waals surface area contributed by atoms with Gasteiger partial charge in [-0.25, -0.2) is 4.79 Å². The smallest absolute Gasteiger partial charge is 0.330 e. The Morgan fingerprint density at radius 2 is 1.73 bits per heavy atom. The lowest BCUT2D eigenvalue weighted by Gasteiger charge is -2.20. The molecule has 0 unspecified atom stereocenters. The number of para-hydroxylation sites is 2. The first kappa shape index (κ1) is 9.79. The van der Waals surface area contributed by atoms with Gasteiger partial charge in [0.25, 0.3) is 0 Å². The van der Waals surface area contributed by atoms with Crippen LogP contribution in [0.4, 0.5) is 0 Å². The number of benzene rings is 1. The average Bonchev–Trinajstić information content (AvgIpc) is 2.40. The van der Waals surface area contributed by atoms with Gasteiger partial charge < -0.3 is 20.3 Å². The van der Waals surface area contributed by atoms with Crippen LogP contribution < -0.4 is 15.2 Å². The van der Waals surface area contributed by atoms with Crippen molar-refractivity contribution in [1.29, 1.82) is 0 Å². The van der Waals surface area contributed by atoms with Crippen LogP contribution in [0.2, 0.25) is 0 Å². The fraction of sp³-hybridized carbons (Fsp3) is 0.300. The van der Waals surface area contributed by atoms with Crippen LogP contribution in [0.3, 0.4) is 0 Å². The van der Waals surface area contributed by atoms with Crippen molar-refractivity contribution in [1.82, 2.24) is 0 Å². The van der Waals surface area contributed by atoms with E-state index in [1.165, 1.54) is 0 Å². The van der Waals surface area contributed by atoms with Crippen molar-refractivity contribution in [3.8, 4) is 11.5 Å². The number of fused-ring (bicyclic) bond motifs is 1. The first-order valence-corrected chi connectivity index (χ1v) is 4.49. The summed E-state index contributed by atoms with van der Waals surface area (Å²) in [5, 5.41) is 8.92. The van der Waals surface area contributed by atoms with Crippen molar-refractivity contribution < 1.29 is 19.4 Å². The van der Waals surface area contributed by atoms with Gasteiger partial charge >= 0.3 is 5.97 Å². The molecule has 0 saturated carbocycles. The Morgan fingerprint density at radius 1 is 1.27 bits per heavy atom. The number of hydrogen-bond acceptors (Lipinski definition) is 4. The first-order chi connectivity index (χ1) is 7.12. The van der Waals surface area contributed by atoms with Crippen molar-refractivity contribution in [2.45, 2.75) is 5.54 Å². The van der Waals surface area contributed by atoms with E-state index in [-0.39, 0.29) is 13.2 Å². The number of aliphatic carboxylic acids is 1. The van der Waals surface area contributed by atoms with Crippen molar-refractivity contribution in [3.05, 3.63) is 24.3 Å². The molecule has 0 atom stereocenters. The summed E-state index contributed by atoms with van der Waals surface area (Å²) in [5.74, 6) is -0.0903. The zero-order valence-electron chi connectivity index (χ0n) is 7.97. The van der Waals surface area contributed by atoms with Gasteiger partial charge in [0.2, 0.25) is 0 Å². The molecule has 1 aromatic carbocycles. The second-order valence-corrected chi connectivity index (χ2v) is 3.49. The lowest BCUT2D eigenvalue weighted by atomic mass is 10.1. The van der Waals surface area contributed by atoms with Crippen LogP contribution in [0.25, 0.3) is 0 Å². The summed E-state index contributed by atoms with van der Waals surface area (Å²) >= 11 is 0. The summed E-state index contributed by atoms with van der Waals surface area (Å²) in [6.07, 6.45) is 0. The minimum atomic E-state index is -1.49. The van der Waals surface area contributed by atoms with Crippen molar-refractivity contribution in [2.24, 2.45) is 5.73 Å². The Balaban J connectivity index is 2.26. The summed E-state index contributed by atoms with van der Waals surface area (Å²) in [6, 6.07) is 6.99. The molecule has 1 heterocycles. The number of hydrogen-bond donors (Lipinski definition) is 2. The molecule has 1 aromatic rings. The van der Waals surface area contributed by atoms with Gasteiger partial charge in [0.1, 0.15) is 13.2 Å². The highest BCUT2D eigenvalue weighted by atomic mass is 16.5. The third kappa shape index (κ3) is 1.73. The van der Waals surface area contributed by atoms with E-state index in [1.807, 2.05) is 0 Å². The third-order valence-corrected chi connectivity index (χ3v) is 2.25. The Hall–Kier alpha value is -1.75. The second kappa shape index (κ2) is 3.43. The lowest BCUT2D eigenvalue weighted by Crippen LogP contribution is -2.56. The number of carboxylic acids is 1. The van der Waals surface area contributed by atoms with Crippen LogP contribution in [-0.4, -0.2) is 29.8 Å². The van der Waals surface area contributed by atoms with E-state index in [1.54, 1.807) is 24.3 Å². The minimum absolute atomic E-state index is 0.0979. The van der Waals surface area contributed by atoms with Crippen LogP contribution in [0, 0.1) is 0 Å². The van der Waals surface area contributed by atoms with E-state index in [0.29, 0.717) is 11.5 Å². The zero-order chi connectivity index (χ0) is 10.9. The maximum atomic E-state index is 10.9. The van der Waals surface area contributed by atoms with E-state index >= 15 is 0 Å². The summed E-state index contributed by atoms with van der Waals surface area (Å²) in [4.78, 5) is 10.9. The predicted molar refractivity (Wildman–Crippen MR) is 52.0 cm³/mol. The largest absolute Gasteiger partial charge is 0.487 e. The number of rotatable bonds is 1. The molecule has 5 nitrogen and oxygen atoms in total.